The Labute approximate surface area is 101 Å². The number of hydrogen-bond donors (Lipinski definition) is 1. The van der Waals surface area contributed by atoms with E-state index in [0.29, 0.717) is 0 Å². The monoisotopic (exact) mass is 237 g/mol. The average molecular weight is 238 g/mol. The molecular weight excluding hydrogens is 222 g/mol. The predicted molar refractivity (Wildman–Crippen MR) is 67.6 cm³/mol. The van der Waals surface area contributed by atoms with Gasteiger partial charge in [0.2, 0.25) is 5.91 Å². The van der Waals surface area contributed by atoms with Gasteiger partial charge in [0.1, 0.15) is 0 Å². The van der Waals surface area contributed by atoms with Crippen LogP contribution in [-0.4, -0.2) is 11.4 Å². The summed E-state index contributed by atoms with van der Waals surface area (Å²) in [4.78, 5) is 11.2. The molecule has 1 aromatic carbocycles. The van der Waals surface area contributed by atoms with E-state index in [1.807, 2.05) is 38.1 Å². The van der Waals surface area contributed by atoms with Crippen LogP contribution >= 0.6 is 11.6 Å². The minimum Gasteiger partial charge on any atom is -0.347 e. The fraction of sp³-hybridized carbons (Fsp3) is 0.308. The molecule has 0 saturated heterocycles. The predicted octanol–water partition coefficient (Wildman–Crippen LogP) is 2.96. The summed E-state index contributed by atoms with van der Waals surface area (Å²) in [6.07, 6.45) is 2.04. The molecule has 2 nitrogen and oxygen atoms in total. The minimum atomic E-state index is -0.293. The number of hydrogen-bond acceptors (Lipinski definition) is 1. The number of nitrogens with one attached hydrogen (secondary N) is 1. The first-order valence-electron chi connectivity index (χ1n) is 5.12. The van der Waals surface area contributed by atoms with Gasteiger partial charge in [0.05, 0.1) is 0 Å². The molecule has 0 aliphatic rings. The molecule has 0 spiro atoms. The van der Waals surface area contributed by atoms with E-state index in [1.165, 1.54) is 6.08 Å². The Kier molecular flexibility index (Phi) is 4.13. The zero-order valence-corrected chi connectivity index (χ0v) is 10.3. The Hall–Kier alpha value is -1.28. The third-order valence-electron chi connectivity index (χ3n) is 2.21. The number of halogens is 1. The van der Waals surface area contributed by atoms with E-state index in [4.69, 9.17) is 11.6 Å². The number of carbonyl (C=O) groups is 1. The average Bonchev–Trinajstić information content (AvgIpc) is 2.20. The summed E-state index contributed by atoms with van der Waals surface area (Å²) in [6, 6.07) is 7.62. The molecule has 0 aliphatic heterocycles. The van der Waals surface area contributed by atoms with Gasteiger partial charge >= 0.3 is 0 Å². The first kappa shape index (κ1) is 12.8. The van der Waals surface area contributed by atoms with Crippen molar-refractivity contribution in [2.24, 2.45) is 0 Å². The topological polar surface area (TPSA) is 29.1 Å². The molecule has 0 unspecified atom stereocenters. The summed E-state index contributed by atoms with van der Waals surface area (Å²) in [5.74, 6) is -0.154. The van der Waals surface area contributed by atoms with E-state index in [0.717, 1.165) is 17.0 Å². The van der Waals surface area contributed by atoms with E-state index in [9.17, 15) is 4.79 Å². The smallest absolute Gasteiger partial charge is 0.243 e. The molecule has 3 heteroatoms. The summed E-state index contributed by atoms with van der Waals surface area (Å²) in [7, 11) is 0. The second kappa shape index (κ2) is 5.17. The summed E-state index contributed by atoms with van der Waals surface area (Å²) >= 11 is 5.81. The van der Waals surface area contributed by atoms with Crippen LogP contribution in [0.4, 0.5) is 0 Å². The summed E-state index contributed by atoms with van der Waals surface area (Å²) in [6.45, 7) is 7.38. The lowest BCUT2D eigenvalue weighted by Crippen LogP contribution is -2.44. The van der Waals surface area contributed by atoms with E-state index in [-0.39, 0.29) is 11.4 Å². The van der Waals surface area contributed by atoms with Crippen molar-refractivity contribution in [1.29, 1.82) is 0 Å². The van der Waals surface area contributed by atoms with Gasteiger partial charge in [0.25, 0.3) is 0 Å². The van der Waals surface area contributed by atoms with E-state index in [1.54, 1.807) is 0 Å². The van der Waals surface area contributed by atoms with Crippen LogP contribution in [0.3, 0.4) is 0 Å². The SMILES string of the molecule is C=CC(=O)NC(C)(C)Cc1ccc(Cl)cc1. The Morgan fingerprint density at radius 1 is 1.44 bits per heavy atom. The summed E-state index contributed by atoms with van der Waals surface area (Å²) < 4.78 is 0. The third-order valence-corrected chi connectivity index (χ3v) is 2.46. The Balaban J connectivity index is 2.68. The van der Waals surface area contributed by atoms with E-state index in [2.05, 4.69) is 11.9 Å². The van der Waals surface area contributed by atoms with Gasteiger partial charge in [-0.25, -0.2) is 0 Å². The molecule has 0 atom stereocenters. The number of benzene rings is 1. The van der Waals surface area contributed by atoms with Gasteiger partial charge in [-0.15, -0.1) is 0 Å². The highest BCUT2D eigenvalue weighted by atomic mass is 35.5. The normalized spacial score (nSPS) is 10.9. The molecule has 0 aliphatic carbocycles. The highest BCUT2D eigenvalue weighted by Crippen LogP contribution is 2.15. The molecule has 86 valence electrons. The van der Waals surface area contributed by atoms with E-state index < -0.39 is 0 Å². The fourth-order valence-electron chi connectivity index (χ4n) is 1.54. The molecule has 1 amide bonds. The molecule has 0 aromatic heterocycles. The van der Waals surface area contributed by atoms with Crippen LogP contribution in [0.2, 0.25) is 5.02 Å². The van der Waals surface area contributed by atoms with Crippen molar-refractivity contribution in [1.82, 2.24) is 5.32 Å². The summed E-state index contributed by atoms with van der Waals surface area (Å²) in [5.41, 5.74) is 0.845. The molecule has 16 heavy (non-hydrogen) atoms. The fourth-order valence-corrected chi connectivity index (χ4v) is 1.67. The van der Waals surface area contributed by atoms with Crippen LogP contribution in [0.1, 0.15) is 19.4 Å². The van der Waals surface area contributed by atoms with Gasteiger partial charge in [0.15, 0.2) is 0 Å². The Morgan fingerprint density at radius 3 is 2.50 bits per heavy atom. The van der Waals surface area contributed by atoms with Gasteiger partial charge < -0.3 is 5.32 Å². The molecular formula is C13H16ClNO. The van der Waals surface area contributed by atoms with Gasteiger partial charge in [-0.3, -0.25) is 4.79 Å². The van der Waals surface area contributed by atoms with Crippen molar-refractivity contribution in [3.8, 4) is 0 Å². The number of carbonyl (C=O) groups excluding carboxylic acids is 1. The highest BCUT2D eigenvalue weighted by molar-refractivity contribution is 6.30. The van der Waals surface area contributed by atoms with Crippen molar-refractivity contribution in [2.75, 3.05) is 0 Å². The second-order valence-electron chi connectivity index (χ2n) is 4.38. The summed E-state index contributed by atoms with van der Waals surface area (Å²) in [5, 5.41) is 3.60. The lowest BCUT2D eigenvalue weighted by atomic mass is 9.95. The van der Waals surface area contributed by atoms with Crippen LogP contribution in [-0.2, 0) is 11.2 Å². The maximum atomic E-state index is 11.2. The van der Waals surface area contributed by atoms with Crippen molar-refractivity contribution in [3.05, 3.63) is 47.5 Å². The van der Waals surface area contributed by atoms with Gasteiger partial charge in [-0.2, -0.15) is 0 Å². The van der Waals surface area contributed by atoms with E-state index >= 15 is 0 Å². The first-order chi connectivity index (χ1) is 7.43. The molecule has 0 radical (unpaired) electrons. The van der Waals surface area contributed by atoms with Gasteiger partial charge in [-0.05, 0) is 44.0 Å². The lowest BCUT2D eigenvalue weighted by Gasteiger charge is -2.25. The van der Waals surface area contributed by atoms with Crippen LogP contribution in [0.25, 0.3) is 0 Å². The number of rotatable bonds is 4. The molecule has 1 rings (SSSR count). The molecule has 0 bridgehead atoms. The van der Waals surface area contributed by atoms with Crippen LogP contribution < -0.4 is 5.32 Å². The largest absolute Gasteiger partial charge is 0.347 e. The number of amides is 1. The first-order valence-corrected chi connectivity index (χ1v) is 5.50. The minimum absolute atomic E-state index is 0.154. The Bertz CT molecular complexity index is 381. The van der Waals surface area contributed by atoms with Crippen molar-refractivity contribution < 1.29 is 4.79 Å². The molecule has 1 aromatic rings. The molecule has 1 N–H and O–H groups in total. The molecule has 0 saturated carbocycles. The zero-order valence-electron chi connectivity index (χ0n) is 9.59. The molecule has 0 fully saturated rings. The zero-order chi connectivity index (χ0) is 12.2. The van der Waals surface area contributed by atoms with Crippen molar-refractivity contribution in [3.63, 3.8) is 0 Å². The van der Waals surface area contributed by atoms with Gasteiger partial charge in [0, 0.05) is 10.6 Å². The van der Waals surface area contributed by atoms with Crippen LogP contribution in [0, 0.1) is 0 Å². The van der Waals surface area contributed by atoms with Crippen molar-refractivity contribution in [2.45, 2.75) is 25.8 Å². The lowest BCUT2D eigenvalue weighted by molar-refractivity contribution is -0.117. The maximum absolute atomic E-state index is 11.2. The van der Waals surface area contributed by atoms with Gasteiger partial charge in [-0.1, -0.05) is 30.3 Å². The quantitative estimate of drug-likeness (QED) is 0.802. The van der Waals surface area contributed by atoms with Crippen molar-refractivity contribution >= 4 is 17.5 Å². The molecule has 0 heterocycles. The second-order valence-corrected chi connectivity index (χ2v) is 4.82. The Morgan fingerprint density at radius 2 is 2.00 bits per heavy atom. The highest BCUT2D eigenvalue weighted by Gasteiger charge is 2.19. The maximum Gasteiger partial charge on any atom is 0.243 e. The third kappa shape index (κ3) is 4.07. The standard InChI is InChI=1S/C13H16ClNO/c1-4-12(16)15-13(2,3)9-10-5-7-11(14)8-6-10/h4-8H,1,9H2,2-3H3,(H,15,16). The van der Waals surface area contributed by atoms with Crippen LogP contribution in [0.15, 0.2) is 36.9 Å². The van der Waals surface area contributed by atoms with Crippen LogP contribution in [0.5, 0.6) is 0 Å².